The highest BCUT2D eigenvalue weighted by Crippen LogP contribution is 2.40. The molecule has 1 saturated heterocycles. The average Bonchev–Trinajstić information content (AvgIpc) is 3.39. The van der Waals surface area contributed by atoms with Crippen LogP contribution in [-0.2, 0) is 0 Å². The van der Waals surface area contributed by atoms with E-state index < -0.39 is 5.82 Å². The molecule has 1 aromatic heterocycles. The summed E-state index contributed by atoms with van der Waals surface area (Å²) in [5, 5.41) is 7.31. The van der Waals surface area contributed by atoms with E-state index in [9.17, 15) is 4.39 Å². The third-order valence-electron chi connectivity index (χ3n) is 6.68. The fourth-order valence-electron chi connectivity index (χ4n) is 4.94. The van der Waals surface area contributed by atoms with E-state index in [1.54, 1.807) is 26.2 Å². The van der Waals surface area contributed by atoms with E-state index in [1.807, 2.05) is 12.1 Å². The fraction of sp³-hybridized carbons (Fsp3) is 0.417. The Hall–Kier alpha value is -2.64. The first kappa shape index (κ1) is 21.2. The molecule has 0 unspecified atom stereocenters. The van der Waals surface area contributed by atoms with Gasteiger partial charge in [-0.05, 0) is 68.3 Å². The largest absolute Gasteiger partial charge is 0.493 e. The van der Waals surface area contributed by atoms with E-state index in [2.05, 4.69) is 20.6 Å². The molecule has 2 N–H and O–H groups in total. The molecule has 2 aromatic carbocycles. The van der Waals surface area contributed by atoms with Crippen LogP contribution in [0.4, 0.5) is 15.9 Å². The maximum atomic E-state index is 14.6. The molecule has 1 aliphatic heterocycles. The Morgan fingerprint density at radius 1 is 1.16 bits per heavy atom. The van der Waals surface area contributed by atoms with Gasteiger partial charge in [-0.15, -0.1) is 0 Å². The number of nitrogens with zero attached hydrogens (tertiary/aromatic N) is 2. The second-order valence-corrected chi connectivity index (χ2v) is 9.13. The van der Waals surface area contributed by atoms with Gasteiger partial charge in [0.1, 0.15) is 12.1 Å². The Morgan fingerprint density at radius 2 is 1.94 bits per heavy atom. The second kappa shape index (κ2) is 8.71. The van der Waals surface area contributed by atoms with Gasteiger partial charge in [0, 0.05) is 11.5 Å². The molecule has 5 rings (SSSR count). The molecule has 0 bridgehead atoms. The number of hydrogen-bond acceptors (Lipinski definition) is 6. The molecule has 0 radical (unpaired) electrons. The minimum atomic E-state index is -0.512. The molecular weight excluding hydrogens is 431 g/mol. The summed E-state index contributed by atoms with van der Waals surface area (Å²) >= 11 is 6.07. The molecule has 6 nitrogen and oxygen atoms in total. The van der Waals surface area contributed by atoms with Crippen molar-refractivity contribution in [3.63, 3.8) is 0 Å². The van der Waals surface area contributed by atoms with Crippen LogP contribution in [0.3, 0.4) is 0 Å². The van der Waals surface area contributed by atoms with Crippen molar-refractivity contribution in [3.8, 4) is 11.5 Å². The monoisotopic (exact) mass is 456 g/mol. The maximum Gasteiger partial charge on any atom is 0.165 e. The predicted octanol–water partition coefficient (Wildman–Crippen LogP) is 5.11. The first-order chi connectivity index (χ1) is 15.5. The lowest BCUT2D eigenvalue weighted by Crippen LogP contribution is -2.15. The number of anilines is 2. The normalized spacial score (nSPS) is 22.2. The molecule has 0 amide bonds. The summed E-state index contributed by atoms with van der Waals surface area (Å²) in [6.07, 6.45) is 3.85. The van der Waals surface area contributed by atoms with E-state index in [-0.39, 0.29) is 10.7 Å². The Balaban J connectivity index is 1.39. The number of aromatic nitrogens is 2. The minimum absolute atomic E-state index is 0.0912. The topological polar surface area (TPSA) is 68.3 Å². The number of benzene rings is 2. The van der Waals surface area contributed by atoms with Crippen LogP contribution in [0.2, 0.25) is 5.02 Å². The van der Waals surface area contributed by atoms with Crippen LogP contribution in [0.15, 0.2) is 30.6 Å². The van der Waals surface area contributed by atoms with Crippen molar-refractivity contribution >= 4 is 34.0 Å². The van der Waals surface area contributed by atoms with E-state index in [0.717, 1.165) is 24.9 Å². The molecule has 3 aromatic rings. The van der Waals surface area contributed by atoms with Crippen molar-refractivity contribution in [3.05, 3.63) is 47.0 Å². The van der Waals surface area contributed by atoms with Crippen LogP contribution in [0.1, 0.15) is 18.4 Å². The highest BCUT2D eigenvalue weighted by atomic mass is 35.5. The van der Waals surface area contributed by atoms with E-state index in [0.29, 0.717) is 46.3 Å². The van der Waals surface area contributed by atoms with Gasteiger partial charge in [0.15, 0.2) is 17.3 Å². The van der Waals surface area contributed by atoms with Gasteiger partial charge in [0.05, 0.1) is 29.9 Å². The highest BCUT2D eigenvalue weighted by Gasteiger charge is 2.37. The molecule has 8 heteroatoms. The van der Waals surface area contributed by atoms with Crippen LogP contribution < -0.4 is 20.1 Å². The van der Waals surface area contributed by atoms with E-state index >= 15 is 0 Å². The Labute approximate surface area is 191 Å². The molecule has 168 valence electrons. The van der Waals surface area contributed by atoms with Gasteiger partial charge in [-0.2, -0.15) is 0 Å². The summed E-state index contributed by atoms with van der Waals surface area (Å²) in [6, 6.07) is 7.09. The van der Waals surface area contributed by atoms with Gasteiger partial charge >= 0.3 is 0 Å². The number of fused-ring (bicyclic) bond motifs is 2. The molecule has 1 aliphatic carbocycles. The molecule has 2 heterocycles. The van der Waals surface area contributed by atoms with Crippen molar-refractivity contribution in [1.82, 2.24) is 15.3 Å². The number of methoxy groups -OCH3 is 1. The molecular formula is C24H26ClFN4O2. The molecule has 2 fully saturated rings. The van der Waals surface area contributed by atoms with Gasteiger partial charge in [0.2, 0.25) is 0 Å². The van der Waals surface area contributed by atoms with Gasteiger partial charge in [-0.25, -0.2) is 14.4 Å². The first-order valence-corrected chi connectivity index (χ1v) is 11.3. The van der Waals surface area contributed by atoms with Crippen LogP contribution in [0.25, 0.3) is 10.9 Å². The molecule has 2 aliphatic rings. The highest BCUT2D eigenvalue weighted by molar-refractivity contribution is 6.31. The van der Waals surface area contributed by atoms with Gasteiger partial charge in [-0.1, -0.05) is 17.7 Å². The SMILES string of the molecule is COc1cc2c(Nc3ccc(C)c(Cl)c3F)ncnc2cc1OC[C@H]1C[C@H]2CNC[C@H]2C1. The molecule has 0 spiro atoms. The number of halogens is 2. The Morgan fingerprint density at radius 3 is 2.69 bits per heavy atom. The summed E-state index contributed by atoms with van der Waals surface area (Å²) in [6.45, 7) is 4.68. The first-order valence-electron chi connectivity index (χ1n) is 10.9. The lowest BCUT2D eigenvalue weighted by molar-refractivity contribution is 0.234. The lowest BCUT2D eigenvalue weighted by atomic mass is 10.0. The smallest absolute Gasteiger partial charge is 0.165 e. The van der Waals surface area contributed by atoms with Crippen molar-refractivity contribution in [2.24, 2.45) is 17.8 Å². The van der Waals surface area contributed by atoms with E-state index in [4.69, 9.17) is 21.1 Å². The zero-order valence-corrected chi connectivity index (χ0v) is 18.9. The van der Waals surface area contributed by atoms with Crippen molar-refractivity contribution in [2.45, 2.75) is 19.8 Å². The standard InChI is InChI=1S/C24H26ClFN4O2/c1-13-3-4-18(23(26)22(13)25)30-24-17-7-20(31-2)21(8-19(17)28-12-29-24)32-11-14-5-15-9-27-10-16(15)6-14/h3-4,7-8,12,14-16,27H,5-6,9-11H2,1-2H3,(H,28,29,30)/t14-,15-,16+. The van der Waals surface area contributed by atoms with Crippen molar-refractivity contribution in [2.75, 3.05) is 32.1 Å². The van der Waals surface area contributed by atoms with Crippen molar-refractivity contribution in [1.29, 1.82) is 0 Å². The zero-order valence-electron chi connectivity index (χ0n) is 18.1. The molecule has 32 heavy (non-hydrogen) atoms. The zero-order chi connectivity index (χ0) is 22.2. The quantitative estimate of drug-likeness (QED) is 0.537. The number of ether oxygens (including phenoxy) is 2. The van der Waals surface area contributed by atoms with Crippen molar-refractivity contribution < 1.29 is 13.9 Å². The number of aryl methyl sites for hydroxylation is 1. The third-order valence-corrected chi connectivity index (χ3v) is 7.14. The van der Waals surface area contributed by atoms with Gasteiger partial charge in [-0.3, -0.25) is 0 Å². The third kappa shape index (κ3) is 3.95. The van der Waals surface area contributed by atoms with E-state index in [1.165, 1.54) is 19.2 Å². The lowest BCUT2D eigenvalue weighted by Gasteiger charge is -2.17. The fourth-order valence-corrected chi connectivity index (χ4v) is 5.11. The van der Waals surface area contributed by atoms with Crippen LogP contribution in [0.5, 0.6) is 11.5 Å². The molecule has 1 saturated carbocycles. The van der Waals surface area contributed by atoms with Crippen LogP contribution in [0, 0.1) is 30.5 Å². The van der Waals surface area contributed by atoms with Crippen LogP contribution >= 0.6 is 11.6 Å². The summed E-state index contributed by atoms with van der Waals surface area (Å²) in [5.74, 6) is 3.32. The average molecular weight is 457 g/mol. The summed E-state index contributed by atoms with van der Waals surface area (Å²) < 4.78 is 26.4. The van der Waals surface area contributed by atoms with Crippen LogP contribution in [-0.4, -0.2) is 36.8 Å². The molecule has 3 atom stereocenters. The Kier molecular flexibility index (Phi) is 5.78. The summed E-state index contributed by atoms with van der Waals surface area (Å²) in [4.78, 5) is 8.69. The number of hydrogen-bond donors (Lipinski definition) is 2. The number of rotatable bonds is 6. The Bertz CT molecular complexity index is 1150. The van der Waals surface area contributed by atoms with Gasteiger partial charge in [0.25, 0.3) is 0 Å². The summed E-state index contributed by atoms with van der Waals surface area (Å²) in [5.41, 5.74) is 1.61. The summed E-state index contributed by atoms with van der Waals surface area (Å²) in [7, 11) is 1.61. The second-order valence-electron chi connectivity index (χ2n) is 8.75. The predicted molar refractivity (Wildman–Crippen MR) is 124 cm³/mol. The van der Waals surface area contributed by atoms with Gasteiger partial charge < -0.3 is 20.1 Å². The maximum absolute atomic E-state index is 14.6. The minimum Gasteiger partial charge on any atom is -0.493 e. The number of nitrogens with one attached hydrogen (secondary N) is 2.